The number of nitrogens with zero attached hydrogens (tertiary/aromatic N) is 2. The SMILES string of the molecule is CC[C@@]12C[C@@H](C)[C@@H]([C@H](n3ccc(NC(=O)c4ccccc4)nc3=O)O1)[C@@H]2O. The van der Waals surface area contributed by atoms with Gasteiger partial charge < -0.3 is 15.2 Å². The topological polar surface area (TPSA) is 93.5 Å². The lowest BCUT2D eigenvalue weighted by Crippen LogP contribution is -2.38. The van der Waals surface area contributed by atoms with Gasteiger partial charge in [-0.05, 0) is 37.0 Å². The Morgan fingerprint density at radius 1 is 1.37 bits per heavy atom. The number of aliphatic hydroxyl groups is 1. The summed E-state index contributed by atoms with van der Waals surface area (Å²) in [5, 5.41) is 13.3. The first kappa shape index (κ1) is 17.9. The number of amides is 1. The Labute approximate surface area is 157 Å². The normalized spacial score (nSPS) is 31.8. The molecule has 0 radical (unpaired) electrons. The van der Waals surface area contributed by atoms with Crippen molar-refractivity contribution in [2.75, 3.05) is 5.32 Å². The van der Waals surface area contributed by atoms with E-state index < -0.39 is 23.6 Å². The van der Waals surface area contributed by atoms with E-state index >= 15 is 0 Å². The van der Waals surface area contributed by atoms with E-state index in [0.29, 0.717) is 12.0 Å². The Hall–Kier alpha value is -2.51. The molecule has 1 saturated heterocycles. The molecule has 1 aliphatic carbocycles. The molecule has 7 nitrogen and oxygen atoms in total. The lowest BCUT2D eigenvalue weighted by molar-refractivity contribution is -0.131. The Bertz CT molecular complexity index is 913. The Morgan fingerprint density at radius 2 is 2.11 bits per heavy atom. The Kier molecular flexibility index (Phi) is 4.36. The number of fused-ring (bicyclic) bond motifs is 2. The minimum atomic E-state index is -0.591. The molecule has 2 aromatic rings. The second-order valence-electron chi connectivity index (χ2n) is 7.45. The van der Waals surface area contributed by atoms with Gasteiger partial charge in [0.25, 0.3) is 5.91 Å². The van der Waals surface area contributed by atoms with Gasteiger partial charge in [0.1, 0.15) is 12.0 Å². The van der Waals surface area contributed by atoms with E-state index in [1.54, 1.807) is 36.5 Å². The number of hydrogen-bond donors (Lipinski definition) is 2. The number of hydrogen-bond acceptors (Lipinski definition) is 5. The summed E-state index contributed by atoms with van der Waals surface area (Å²) in [5.74, 6) is -0.0327. The summed E-state index contributed by atoms with van der Waals surface area (Å²) in [6, 6.07) is 10.3. The van der Waals surface area contributed by atoms with Crippen molar-refractivity contribution in [2.45, 2.75) is 44.6 Å². The Balaban J connectivity index is 1.57. The molecule has 27 heavy (non-hydrogen) atoms. The molecule has 1 aliphatic heterocycles. The zero-order valence-electron chi connectivity index (χ0n) is 15.3. The molecule has 4 rings (SSSR count). The van der Waals surface area contributed by atoms with Crippen LogP contribution in [0.2, 0.25) is 0 Å². The average Bonchev–Trinajstić information content (AvgIpc) is 3.08. The highest BCUT2D eigenvalue weighted by Gasteiger charge is 2.62. The number of ether oxygens (including phenoxy) is 1. The van der Waals surface area contributed by atoms with Crippen molar-refractivity contribution < 1.29 is 14.6 Å². The third-order valence-corrected chi connectivity index (χ3v) is 5.89. The lowest BCUT2D eigenvalue weighted by Gasteiger charge is -2.33. The summed E-state index contributed by atoms with van der Waals surface area (Å²) in [6.45, 7) is 4.07. The average molecular weight is 369 g/mol. The van der Waals surface area contributed by atoms with E-state index in [9.17, 15) is 14.7 Å². The van der Waals surface area contributed by atoms with E-state index in [-0.39, 0.29) is 23.6 Å². The smallest absolute Gasteiger partial charge is 0.351 e. The van der Waals surface area contributed by atoms with Gasteiger partial charge in [-0.25, -0.2) is 4.79 Å². The molecule has 1 amide bonds. The summed E-state index contributed by atoms with van der Waals surface area (Å²) in [6.07, 6.45) is 1.93. The maximum Gasteiger partial charge on any atom is 0.351 e. The van der Waals surface area contributed by atoms with Crippen LogP contribution in [-0.4, -0.2) is 32.3 Å². The predicted octanol–water partition coefficient (Wildman–Crippen LogP) is 2.19. The molecule has 2 fully saturated rings. The lowest BCUT2D eigenvalue weighted by atomic mass is 9.94. The number of aliphatic hydroxyl groups excluding tert-OH is 1. The highest BCUT2D eigenvalue weighted by atomic mass is 16.6. The van der Waals surface area contributed by atoms with Crippen LogP contribution < -0.4 is 11.0 Å². The summed E-state index contributed by atoms with van der Waals surface area (Å²) >= 11 is 0. The van der Waals surface area contributed by atoms with Crippen molar-refractivity contribution in [3.63, 3.8) is 0 Å². The molecular formula is C20H23N3O4. The van der Waals surface area contributed by atoms with Gasteiger partial charge in [0.2, 0.25) is 0 Å². The minimum Gasteiger partial charge on any atom is -0.390 e. The first-order chi connectivity index (χ1) is 12.9. The summed E-state index contributed by atoms with van der Waals surface area (Å²) < 4.78 is 7.54. The molecule has 1 aromatic carbocycles. The molecule has 2 bridgehead atoms. The van der Waals surface area contributed by atoms with Crippen molar-refractivity contribution in [1.82, 2.24) is 9.55 Å². The van der Waals surface area contributed by atoms with Crippen molar-refractivity contribution in [3.8, 4) is 0 Å². The highest BCUT2D eigenvalue weighted by molar-refractivity contribution is 6.03. The largest absolute Gasteiger partial charge is 0.390 e. The van der Waals surface area contributed by atoms with Crippen LogP contribution in [0.5, 0.6) is 0 Å². The van der Waals surface area contributed by atoms with Crippen molar-refractivity contribution in [3.05, 3.63) is 58.6 Å². The number of anilines is 1. The van der Waals surface area contributed by atoms with Crippen LogP contribution >= 0.6 is 0 Å². The number of nitrogens with one attached hydrogen (secondary N) is 1. The number of carbonyl (C=O) groups excluding carboxylic acids is 1. The van der Waals surface area contributed by atoms with E-state index in [1.807, 2.05) is 13.0 Å². The van der Waals surface area contributed by atoms with Crippen molar-refractivity contribution in [1.29, 1.82) is 0 Å². The van der Waals surface area contributed by atoms with Crippen LogP contribution in [-0.2, 0) is 4.74 Å². The second-order valence-corrected chi connectivity index (χ2v) is 7.45. The molecule has 1 saturated carbocycles. The van der Waals surface area contributed by atoms with Crippen LogP contribution in [0.25, 0.3) is 0 Å². The maximum atomic E-state index is 12.6. The number of rotatable bonds is 4. The number of aromatic nitrogens is 2. The molecule has 2 aliphatic rings. The molecule has 142 valence electrons. The number of carbonyl (C=O) groups is 1. The quantitative estimate of drug-likeness (QED) is 0.862. The monoisotopic (exact) mass is 369 g/mol. The zero-order valence-corrected chi connectivity index (χ0v) is 15.3. The fraction of sp³-hybridized carbons (Fsp3) is 0.450. The minimum absolute atomic E-state index is 0.144. The van der Waals surface area contributed by atoms with Gasteiger partial charge in [0.15, 0.2) is 0 Å². The fourth-order valence-electron chi connectivity index (χ4n) is 4.47. The zero-order chi connectivity index (χ0) is 19.2. The Morgan fingerprint density at radius 3 is 2.74 bits per heavy atom. The maximum absolute atomic E-state index is 12.6. The third-order valence-electron chi connectivity index (χ3n) is 5.89. The predicted molar refractivity (Wildman–Crippen MR) is 99.3 cm³/mol. The van der Waals surface area contributed by atoms with Crippen LogP contribution in [0.15, 0.2) is 47.4 Å². The standard InChI is InChI=1S/C20H23N3O4/c1-3-20-11-12(2)15(16(20)24)18(27-20)23-10-9-14(22-19(23)26)21-17(25)13-7-5-4-6-8-13/h4-10,12,15-16,18,24H,3,11H2,1-2H3,(H,21,22,25,26)/t12-,15-,16+,18-,20+/m1/s1. The van der Waals surface area contributed by atoms with E-state index in [4.69, 9.17) is 4.74 Å². The fourth-order valence-corrected chi connectivity index (χ4v) is 4.47. The molecule has 0 unspecified atom stereocenters. The van der Waals surface area contributed by atoms with Crippen LogP contribution in [0, 0.1) is 11.8 Å². The highest BCUT2D eigenvalue weighted by Crippen LogP contribution is 2.56. The van der Waals surface area contributed by atoms with Gasteiger partial charge in [-0.1, -0.05) is 32.0 Å². The van der Waals surface area contributed by atoms with Crippen molar-refractivity contribution in [2.24, 2.45) is 11.8 Å². The molecular weight excluding hydrogens is 346 g/mol. The van der Waals surface area contributed by atoms with E-state index in [0.717, 1.165) is 6.42 Å². The number of benzene rings is 1. The van der Waals surface area contributed by atoms with Gasteiger partial charge in [0.05, 0.1) is 11.7 Å². The van der Waals surface area contributed by atoms with E-state index in [1.165, 1.54) is 4.57 Å². The van der Waals surface area contributed by atoms with Gasteiger partial charge in [-0.15, -0.1) is 0 Å². The first-order valence-corrected chi connectivity index (χ1v) is 9.26. The van der Waals surface area contributed by atoms with Crippen molar-refractivity contribution >= 4 is 11.7 Å². The molecule has 2 heterocycles. The molecule has 2 N–H and O–H groups in total. The van der Waals surface area contributed by atoms with Gasteiger partial charge in [0, 0.05) is 17.7 Å². The van der Waals surface area contributed by atoms with E-state index in [2.05, 4.69) is 17.2 Å². The second kappa shape index (κ2) is 6.58. The summed E-state index contributed by atoms with van der Waals surface area (Å²) in [7, 11) is 0. The summed E-state index contributed by atoms with van der Waals surface area (Å²) in [4.78, 5) is 28.8. The van der Waals surface area contributed by atoms with Gasteiger partial charge >= 0.3 is 5.69 Å². The van der Waals surface area contributed by atoms with Crippen LogP contribution in [0.4, 0.5) is 5.82 Å². The summed E-state index contributed by atoms with van der Waals surface area (Å²) in [5.41, 5.74) is -0.611. The molecule has 0 spiro atoms. The molecule has 5 atom stereocenters. The molecule has 1 aromatic heterocycles. The van der Waals surface area contributed by atoms with Gasteiger partial charge in [-0.2, -0.15) is 4.98 Å². The van der Waals surface area contributed by atoms with Gasteiger partial charge in [-0.3, -0.25) is 9.36 Å². The van der Waals surface area contributed by atoms with Crippen LogP contribution in [0.3, 0.4) is 0 Å². The molecule has 7 heteroatoms. The third kappa shape index (κ3) is 2.87. The van der Waals surface area contributed by atoms with Crippen LogP contribution in [0.1, 0.15) is 43.3 Å². The first-order valence-electron chi connectivity index (χ1n) is 9.26.